The Morgan fingerprint density at radius 2 is 1.98 bits per heavy atom. The summed E-state index contributed by atoms with van der Waals surface area (Å²) in [5.74, 6) is 0.302. The predicted molar refractivity (Wildman–Crippen MR) is 159 cm³/mol. The minimum absolute atomic E-state index is 0.125. The van der Waals surface area contributed by atoms with Crippen LogP contribution in [0.4, 0.5) is 5.69 Å². The number of nitrogens with zero attached hydrogens (tertiary/aromatic N) is 4. The van der Waals surface area contributed by atoms with E-state index in [-0.39, 0.29) is 18.2 Å². The molecule has 0 fully saturated rings. The summed E-state index contributed by atoms with van der Waals surface area (Å²) in [7, 11) is 0. The quantitative estimate of drug-likeness (QED) is 0.227. The second-order valence-electron chi connectivity index (χ2n) is 11.1. The van der Waals surface area contributed by atoms with E-state index >= 15 is 0 Å². The number of aromatic nitrogens is 4. The van der Waals surface area contributed by atoms with E-state index in [2.05, 4.69) is 31.3 Å². The van der Waals surface area contributed by atoms with Crippen LogP contribution in [0.1, 0.15) is 44.7 Å². The van der Waals surface area contributed by atoms with Gasteiger partial charge in [-0.1, -0.05) is 42.5 Å². The number of rotatable bonds is 10. The van der Waals surface area contributed by atoms with Gasteiger partial charge in [-0.25, -0.2) is 5.10 Å². The Bertz CT molecular complexity index is 1480. The molecule has 1 aliphatic heterocycles. The number of nitrogens with one attached hydrogen (secondary N) is 3. The SMILES string of the molecule is C[C@@H](O)CNC(C)(C)CC(=O)N[C@@H]1CCc2ccccc2N(Cc2ccc(-c3ccsc3-c3nnn[nH]3)cc2)C1=O. The lowest BCUT2D eigenvalue weighted by molar-refractivity contribution is -0.128. The highest BCUT2D eigenvalue weighted by molar-refractivity contribution is 7.14. The van der Waals surface area contributed by atoms with Crippen LogP contribution in [0.25, 0.3) is 21.8 Å². The number of para-hydroxylation sites is 1. The largest absolute Gasteiger partial charge is 0.392 e. The van der Waals surface area contributed by atoms with E-state index in [0.717, 1.165) is 32.8 Å². The molecule has 2 atom stereocenters. The Labute approximate surface area is 243 Å². The highest BCUT2D eigenvalue weighted by atomic mass is 32.1. The number of aliphatic hydroxyl groups is 1. The monoisotopic (exact) mass is 573 g/mol. The van der Waals surface area contributed by atoms with E-state index in [0.29, 0.717) is 31.8 Å². The molecule has 11 heteroatoms. The number of β-amino-alcohol motifs (C(OH)–C–C–N with tert-alkyl or cyclic N) is 1. The van der Waals surface area contributed by atoms with Crippen molar-refractivity contribution < 1.29 is 14.7 Å². The zero-order valence-electron chi connectivity index (χ0n) is 23.4. The molecular weight excluding hydrogens is 538 g/mol. The zero-order chi connectivity index (χ0) is 29.0. The molecule has 0 saturated carbocycles. The predicted octanol–water partition coefficient (Wildman–Crippen LogP) is 3.70. The van der Waals surface area contributed by atoms with Crippen molar-refractivity contribution in [3.05, 3.63) is 71.1 Å². The van der Waals surface area contributed by atoms with Crippen molar-refractivity contribution in [2.24, 2.45) is 0 Å². The van der Waals surface area contributed by atoms with E-state index in [1.807, 2.05) is 73.8 Å². The highest BCUT2D eigenvalue weighted by Crippen LogP contribution is 2.35. The van der Waals surface area contributed by atoms with Gasteiger partial charge in [-0.05, 0) is 78.2 Å². The number of thiophene rings is 1. The zero-order valence-corrected chi connectivity index (χ0v) is 24.2. The number of fused-ring (bicyclic) bond motifs is 1. The molecule has 0 saturated heterocycles. The summed E-state index contributed by atoms with van der Waals surface area (Å²) >= 11 is 1.57. The van der Waals surface area contributed by atoms with E-state index in [1.54, 1.807) is 23.2 Å². The number of tetrazole rings is 1. The fourth-order valence-electron chi connectivity index (χ4n) is 5.09. The van der Waals surface area contributed by atoms with Gasteiger partial charge in [0.1, 0.15) is 6.04 Å². The van der Waals surface area contributed by atoms with Gasteiger partial charge in [0, 0.05) is 29.8 Å². The number of benzene rings is 2. The Hall–Kier alpha value is -3.93. The highest BCUT2D eigenvalue weighted by Gasteiger charge is 2.32. The van der Waals surface area contributed by atoms with Gasteiger partial charge in [0.05, 0.1) is 17.5 Å². The number of anilines is 1. The Kier molecular flexibility index (Phi) is 8.57. The maximum absolute atomic E-state index is 13.9. The average molecular weight is 574 g/mol. The molecule has 4 N–H and O–H groups in total. The maximum atomic E-state index is 13.9. The van der Waals surface area contributed by atoms with Gasteiger partial charge in [-0.2, -0.15) is 0 Å². The van der Waals surface area contributed by atoms with Crippen molar-refractivity contribution >= 4 is 28.8 Å². The third-order valence-corrected chi connectivity index (χ3v) is 8.12. The average Bonchev–Trinajstić information content (AvgIpc) is 3.63. The summed E-state index contributed by atoms with van der Waals surface area (Å²) in [5.41, 5.74) is 4.47. The molecule has 3 heterocycles. The number of amides is 2. The molecule has 0 bridgehead atoms. The van der Waals surface area contributed by atoms with Crippen LogP contribution in [-0.2, 0) is 22.6 Å². The van der Waals surface area contributed by atoms with E-state index < -0.39 is 17.7 Å². The molecule has 0 unspecified atom stereocenters. The van der Waals surface area contributed by atoms with Gasteiger partial charge in [-0.3, -0.25) is 9.59 Å². The molecule has 214 valence electrons. The van der Waals surface area contributed by atoms with Gasteiger partial charge in [0.2, 0.25) is 11.8 Å². The number of carbonyl (C=O) groups is 2. The number of aliphatic hydroxyl groups excluding tert-OH is 1. The van der Waals surface area contributed by atoms with Crippen LogP contribution in [0.15, 0.2) is 60.0 Å². The first-order valence-electron chi connectivity index (χ1n) is 13.7. The fraction of sp³-hybridized carbons (Fsp3) is 0.367. The van der Waals surface area contributed by atoms with Crippen LogP contribution in [0.5, 0.6) is 0 Å². The minimum Gasteiger partial charge on any atom is -0.392 e. The molecule has 10 nitrogen and oxygen atoms in total. The van der Waals surface area contributed by atoms with Crippen molar-refractivity contribution in [3.63, 3.8) is 0 Å². The topological polar surface area (TPSA) is 136 Å². The standard InChI is InChI=1S/C30H35N7O3S/c1-19(38)17-31-30(2,3)16-26(39)32-24-13-12-22-6-4-5-7-25(22)37(29(24)40)18-20-8-10-21(11-9-20)23-14-15-41-27(23)28-33-35-36-34-28/h4-11,14-15,19,24,31,38H,12-13,16-18H2,1-3H3,(H,32,39)(H,33,34,35,36)/t19-,24-/m1/s1. The van der Waals surface area contributed by atoms with E-state index in [9.17, 15) is 14.7 Å². The van der Waals surface area contributed by atoms with Gasteiger partial charge >= 0.3 is 0 Å². The van der Waals surface area contributed by atoms with Crippen LogP contribution < -0.4 is 15.5 Å². The summed E-state index contributed by atoms with van der Waals surface area (Å²) < 4.78 is 0. The molecule has 0 spiro atoms. The summed E-state index contributed by atoms with van der Waals surface area (Å²) in [4.78, 5) is 29.7. The maximum Gasteiger partial charge on any atom is 0.249 e. The van der Waals surface area contributed by atoms with Gasteiger partial charge in [0.25, 0.3) is 0 Å². The van der Waals surface area contributed by atoms with Gasteiger partial charge < -0.3 is 20.6 Å². The summed E-state index contributed by atoms with van der Waals surface area (Å²) in [6, 6.07) is 17.5. The molecule has 0 radical (unpaired) electrons. The first-order chi connectivity index (χ1) is 19.7. The number of hydrogen-bond donors (Lipinski definition) is 4. The van der Waals surface area contributed by atoms with Crippen molar-refractivity contribution in [1.29, 1.82) is 0 Å². The van der Waals surface area contributed by atoms with Gasteiger partial charge in [0.15, 0.2) is 5.82 Å². The van der Waals surface area contributed by atoms with Gasteiger partial charge in [-0.15, -0.1) is 16.4 Å². The molecule has 2 aromatic carbocycles. The normalized spacial score (nSPS) is 16.2. The summed E-state index contributed by atoms with van der Waals surface area (Å²) in [6.45, 7) is 6.29. The molecule has 4 aromatic rings. The lowest BCUT2D eigenvalue weighted by atomic mass is 9.99. The number of carbonyl (C=O) groups excluding carboxylic acids is 2. The van der Waals surface area contributed by atoms with Crippen molar-refractivity contribution in [3.8, 4) is 21.8 Å². The lowest BCUT2D eigenvalue weighted by Crippen LogP contribution is -2.51. The van der Waals surface area contributed by atoms with Crippen LogP contribution in [0.2, 0.25) is 0 Å². The van der Waals surface area contributed by atoms with Crippen molar-refractivity contribution in [2.45, 2.75) is 64.3 Å². The Morgan fingerprint density at radius 3 is 2.71 bits per heavy atom. The first kappa shape index (κ1) is 28.6. The summed E-state index contributed by atoms with van der Waals surface area (Å²) in [5, 5.41) is 32.1. The van der Waals surface area contributed by atoms with E-state index in [1.165, 1.54) is 0 Å². The number of hydrogen-bond acceptors (Lipinski definition) is 8. The molecule has 2 amide bonds. The third kappa shape index (κ3) is 6.87. The van der Waals surface area contributed by atoms with Crippen LogP contribution in [0.3, 0.4) is 0 Å². The van der Waals surface area contributed by atoms with Crippen molar-refractivity contribution in [1.82, 2.24) is 31.3 Å². The molecule has 2 aromatic heterocycles. The smallest absolute Gasteiger partial charge is 0.249 e. The van der Waals surface area contributed by atoms with E-state index in [4.69, 9.17) is 0 Å². The molecule has 0 aliphatic carbocycles. The molecular formula is C30H35N7O3S. The molecule has 41 heavy (non-hydrogen) atoms. The number of aryl methyl sites for hydroxylation is 1. The fourth-order valence-corrected chi connectivity index (χ4v) is 5.94. The third-order valence-electron chi connectivity index (χ3n) is 7.19. The molecule has 1 aliphatic rings. The van der Waals surface area contributed by atoms with Crippen LogP contribution in [-0.4, -0.2) is 61.8 Å². The number of H-pyrrole nitrogens is 1. The molecule has 5 rings (SSSR count). The Morgan fingerprint density at radius 1 is 1.20 bits per heavy atom. The summed E-state index contributed by atoms with van der Waals surface area (Å²) in [6.07, 6.45) is 0.881. The first-order valence-corrected chi connectivity index (χ1v) is 14.6. The van der Waals surface area contributed by atoms with Crippen molar-refractivity contribution in [2.75, 3.05) is 11.4 Å². The second-order valence-corrected chi connectivity index (χ2v) is 12.0. The van der Waals surface area contributed by atoms with Crippen LogP contribution in [0, 0.1) is 0 Å². The second kappa shape index (κ2) is 12.3. The number of aromatic amines is 1. The Balaban J connectivity index is 1.33. The van der Waals surface area contributed by atoms with Crippen LogP contribution >= 0.6 is 11.3 Å². The lowest BCUT2D eigenvalue weighted by Gasteiger charge is -2.29. The minimum atomic E-state index is -0.634.